The Labute approximate surface area is 89.2 Å². The highest BCUT2D eigenvalue weighted by atomic mass is 19.1. The first-order chi connectivity index (χ1) is 7.04. The second kappa shape index (κ2) is 4.77. The standard InChI is InChI=1S/C11H16FN3/c1-7-4-5-9(6-10(7)12)8(2)15-11(13)14-3/h4-6,8H,1-3H3,(H3,13,14,15)/t8-/m0/s1. The minimum absolute atomic E-state index is 0.0520. The van der Waals surface area contributed by atoms with Crippen LogP contribution in [0.1, 0.15) is 24.1 Å². The molecule has 0 aromatic heterocycles. The first-order valence-corrected chi connectivity index (χ1v) is 4.79. The van der Waals surface area contributed by atoms with Crippen LogP contribution in [0.4, 0.5) is 4.39 Å². The van der Waals surface area contributed by atoms with Crippen molar-refractivity contribution in [3.63, 3.8) is 0 Å². The third-order valence-corrected chi connectivity index (χ3v) is 2.30. The lowest BCUT2D eigenvalue weighted by atomic mass is 10.1. The summed E-state index contributed by atoms with van der Waals surface area (Å²) in [7, 11) is 1.60. The van der Waals surface area contributed by atoms with Crippen molar-refractivity contribution < 1.29 is 4.39 Å². The van der Waals surface area contributed by atoms with Crippen LogP contribution in [0.5, 0.6) is 0 Å². The summed E-state index contributed by atoms with van der Waals surface area (Å²) in [6.45, 7) is 3.64. The van der Waals surface area contributed by atoms with Crippen LogP contribution in [-0.2, 0) is 0 Å². The molecule has 0 aliphatic rings. The minimum Gasteiger partial charge on any atom is -0.370 e. The molecule has 4 heteroatoms. The molecule has 0 aliphatic heterocycles. The number of nitrogens with zero attached hydrogens (tertiary/aromatic N) is 1. The van der Waals surface area contributed by atoms with E-state index in [0.717, 1.165) is 5.56 Å². The van der Waals surface area contributed by atoms with Crippen LogP contribution in [0.3, 0.4) is 0 Å². The highest BCUT2D eigenvalue weighted by Gasteiger charge is 2.07. The predicted octanol–water partition coefficient (Wildman–Crippen LogP) is 1.73. The minimum atomic E-state index is -0.201. The monoisotopic (exact) mass is 209 g/mol. The smallest absolute Gasteiger partial charge is 0.188 e. The molecule has 0 fully saturated rings. The number of nitrogens with one attached hydrogen (secondary N) is 1. The molecule has 0 aliphatic carbocycles. The Bertz CT molecular complexity index is 374. The van der Waals surface area contributed by atoms with Gasteiger partial charge in [0.2, 0.25) is 0 Å². The first-order valence-electron chi connectivity index (χ1n) is 4.79. The average Bonchev–Trinajstić information content (AvgIpc) is 2.21. The summed E-state index contributed by atoms with van der Waals surface area (Å²) in [5.41, 5.74) is 7.02. The van der Waals surface area contributed by atoms with Crippen LogP contribution in [0.15, 0.2) is 23.2 Å². The quantitative estimate of drug-likeness (QED) is 0.575. The average molecular weight is 209 g/mol. The molecule has 82 valence electrons. The van der Waals surface area contributed by atoms with E-state index in [-0.39, 0.29) is 11.9 Å². The lowest BCUT2D eigenvalue weighted by Gasteiger charge is -2.15. The zero-order valence-corrected chi connectivity index (χ0v) is 9.21. The van der Waals surface area contributed by atoms with Gasteiger partial charge in [0, 0.05) is 7.05 Å². The zero-order valence-electron chi connectivity index (χ0n) is 9.21. The van der Waals surface area contributed by atoms with Crippen LogP contribution in [0.25, 0.3) is 0 Å². The van der Waals surface area contributed by atoms with Crippen molar-refractivity contribution in [2.75, 3.05) is 7.05 Å². The van der Waals surface area contributed by atoms with E-state index in [1.165, 1.54) is 6.07 Å². The molecule has 1 aromatic rings. The van der Waals surface area contributed by atoms with Gasteiger partial charge in [-0.05, 0) is 31.0 Å². The van der Waals surface area contributed by atoms with Crippen LogP contribution < -0.4 is 11.1 Å². The summed E-state index contributed by atoms with van der Waals surface area (Å²) in [6.07, 6.45) is 0. The first kappa shape index (κ1) is 11.5. The Kier molecular flexibility index (Phi) is 3.66. The van der Waals surface area contributed by atoms with E-state index >= 15 is 0 Å². The van der Waals surface area contributed by atoms with Gasteiger partial charge in [0.05, 0.1) is 6.04 Å². The Morgan fingerprint density at radius 1 is 1.53 bits per heavy atom. The molecule has 0 saturated heterocycles. The van der Waals surface area contributed by atoms with Gasteiger partial charge in [0.1, 0.15) is 5.82 Å². The van der Waals surface area contributed by atoms with Crippen LogP contribution in [-0.4, -0.2) is 13.0 Å². The van der Waals surface area contributed by atoms with Crippen molar-refractivity contribution >= 4 is 5.96 Å². The molecule has 15 heavy (non-hydrogen) atoms. The van der Waals surface area contributed by atoms with Crippen molar-refractivity contribution in [1.82, 2.24) is 5.32 Å². The molecule has 1 atom stereocenters. The summed E-state index contributed by atoms with van der Waals surface area (Å²) in [6, 6.07) is 5.08. The molecule has 0 spiro atoms. The van der Waals surface area contributed by atoms with Gasteiger partial charge < -0.3 is 11.1 Å². The molecule has 0 amide bonds. The highest BCUT2D eigenvalue weighted by Crippen LogP contribution is 2.15. The van der Waals surface area contributed by atoms with Gasteiger partial charge in [-0.1, -0.05) is 12.1 Å². The molecule has 0 unspecified atom stereocenters. The van der Waals surface area contributed by atoms with Crippen LogP contribution in [0.2, 0.25) is 0 Å². The Hall–Kier alpha value is -1.58. The lowest BCUT2D eigenvalue weighted by molar-refractivity contribution is 0.609. The second-order valence-corrected chi connectivity index (χ2v) is 3.48. The molecule has 1 aromatic carbocycles. The van der Waals surface area contributed by atoms with Gasteiger partial charge in [-0.25, -0.2) is 4.39 Å². The third-order valence-electron chi connectivity index (χ3n) is 2.30. The Morgan fingerprint density at radius 2 is 2.20 bits per heavy atom. The van der Waals surface area contributed by atoms with Crippen molar-refractivity contribution in [1.29, 1.82) is 0 Å². The Morgan fingerprint density at radius 3 is 2.73 bits per heavy atom. The summed E-state index contributed by atoms with van der Waals surface area (Å²) < 4.78 is 13.3. The number of aliphatic imine (C=N–C) groups is 1. The van der Waals surface area contributed by atoms with Crippen molar-refractivity contribution in [2.45, 2.75) is 19.9 Å². The number of nitrogens with two attached hydrogens (primary N) is 1. The fourth-order valence-corrected chi connectivity index (χ4v) is 1.25. The molecular formula is C11H16FN3. The van der Waals surface area contributed by atoms with Crippen molar-refractivity contribution in [3.8, 4) is 0 Å². The zero-order chi connectivity index (χ0) is 11.4. The summed E-state index contributed by atoms with van der Waals surface area (Å²) in [5, 5.41) is 2.95. The molecule has 0 radical (unpaired) electrons. The van der Waals surface area contributed by atoms with E-state index in [0.29, 0.717) is 11.5 Å². The van der Waals surface area contributed by atoms with E-state index in [2.05, 4.69) is 10.3 Å². The fraction of sp³-hybridized carbons (Fsp3) is 0.364. The molecule has 1 rings (SSSR count). The summed E-state index contributed by atoms with van der Waals surface area (Å²) in [5.74, 6) is 0.150. The molecular weight excluding hydrogens is 193 g/mol. The summed E-state index contributed by atoms with van der Waals surface area (Å²) in [4.78, 5) is 3.78. The third kappa shape index (κ3) is 2.94. The van der Waals surface area contributed by atoms with Gasteiger partial charge in [-0.3, -0.25) is 4.99 Å². The van der Waals surface area contributed by atoms with E-state index in [9.17, 15) is 4.39 Å². The molecule has 3 nitrogen and oxygen atoms in total. The molecule has 0 heterocycles. The largest absolute Gasteiger partial charge is 0.370 e. The van der Waals surface area contributed by atoms with Gasteiger partial charge >= 0.3 is 0 Å². The van der Waals surface area contributed by atoms with E-state index in [1.807, 2.05) is 13.0 Å². The number of rotatable bonds is 2. The van der Waals surface area contributed by atoms with Gasteiger partial charge in [0.15, 0.2) is 5.96 Å². The maximum atomic E-state index is 13.3. The number of guanidine groups is 1. The number of aryl methyl sites for hydroxylation is 1. The van der Waals surface area contributed by atoms with Crippen molar-refractivity contribution in [3.05, 3.63) is 35.1 Å². The van der Waals surface area contributed by atoms with Gasteiger partial charge in [0.25, 0.3) is 0 Å². The lowest BCUT2D eigenvalue weighted by Crippen LogP contribution is -2.33. The van der Waals surface area contributed by atoms with E-state index < -0.39 is 0 Å². The van der Waals surface area contributed by atoms with Crippen LogP contribution >= 0.6 is 0 Å². The normalized spacial score (nSPS) is 13.7. The number of hydrogen-bond acceptors (Lipinski definition) is 1. The van der Waals surface area contributed by atoms with E-state index in [1.54, 1.807) is 20.0 Å². The van der Waals surface area contributed by atoms with E-state index in [4.69, 9.17) is 5.73 Å². The predicted molar refractivity (Wildman–Crippen MR) is 60.2 cm³/mol. The maximum Gasteiger partial charge on any atom is 0.188 e. The second-order valence-electron chi connectivity index (χ2n) is 3.48. The number of hydrogen-bond donors (Lipinski definition) is 2. The molecule has 0 saturated carbocycles. The number of halogens is 1. The maximum absolute atomic E-state index is 13.3. The summed E-state index contributed by atoms with van der Waals surface area (Å²) >= 11 is 0. The van der Waals surface area contributed by atoms with Crippen molar-refractivity contribution in [2.24, 2.45) is 10.7 Å². The Balaban J connectivity index is 2.82. The molecule has 0 bridgehead atoms. The molecule has 3 N–H and O–H groups in total. The van der Waals surface area contributed by atoms with Gasteiger partial charge in [-0.15, -0.1) is 0 Å². The van der Waals surface area contributed by atoms with Gasteiger partial charge in [-0.2, -0.15) is 0 Å². The fourth-order valence-electron chi connectivity index (χ4n) is 1.25. The number of benzene rings is 1. The van der Waals surface area contributed by atoms with Crippen LogP contribution in [0, 0.1) is 12.7 Å². The SMILES string of the molecule is CN=C(N)N[C@@H](C)c1ccc(C)c(F)c1. The highest BCUT2D eigenvalue weighted by molar-refractivity contribution is 5.78. The topological polar surface area (TPSA) is 50.4 Å².